The summed E-state index contributed by atoms with van der Waals surface area (Å²) in [6.07, 6.45) is 4.85. The number of unbranched alkanes of at least 4 members (excludes halogenated alkanes) is 1. The summed E-state index contributed by atoms with van der Waals surface area (Å²) in [5, 5.41) is 30.9. The van der Waals surface area contributed by atoms with Gasteiger partial charge in [-0.3, -0.25) is 0 Å². The molecule has 4 heterocycles. The maximum Gasteiger partial charge on any atom is 0.314 e. The smallest absolute Gasteiger partial charge is 0.314 e. The highest BCUT2D eigenvalue weighted by atomic mass is 35.5. The molecule has 30 heteroatoms. The second kappa shape index (κ2) is 38.6. The molecule has 0 radical (unpaired) electrons. The first-order chi connectivity index (χ1) is 45.6. The van der Waals surface area contributed by atoms with Crippen LogP contribution in [0.2, 0.25) is 20.1 Å². The van der Waals surface area contributed by atoms with Crippen molar-refractivity contribution < 1.29 is 47.6 Å². The number of carbonyl (C=O) groups excluding carboxylic acids is 4. The van der Waals surface area contributed by atoms with Gasteiger partial charge in [-0.15, -0.1) is 10.2 Å². The predicted octanol–water partition coefficient (Wildman–Crippen LogP) is 6.91. The number of carbonyl (C=O) groups is 4. The van der Waals surface area contributed by atoms with E-state index in [9.17, 15) is 19.2 Å². The Balaban J connectivity index is 0.566. The van der Waals surface area contributed by atoms with Gasteiger partial charge in [-0.1, -0.05) is 93.2 Å². The standard InChI is InChI=1S/C64H86Cl4N16O10/c1-79-39-53(51-35-49(65)37-57(67)55(51)41-79)45-7-5-9-47(33-45)59-43-83(77-75-59)19-23-91-27-31-93-29-25-89-21-13-73-63(87)71-11-17-81(61(69)85)15-3-4-16-82(62(70)86)18-12-72-64(88)74-14-22-90-26-30-94-32-28-92-24-20-84-44-60(76-78-84)48-10-6-8-46(34-48)54-40-80(2)42-56-52(54)36-50(66)38-58(56)68/h5-10,33-38,43-44,53-54H,3-4,11-32,39-42H2,1-2H3,(H2,69,85)(H2,70,86)(H2,71,73,87)(H2,72,74,88)/t53-,54-/m0/s1. The Bertz CT molecular complexity index is 3170. The van der Waals surface area contributed by atoms with Crippen LogP contribution in [-0.2, 0) is 54.6 Å². The molecule has 2 aliphatic heterocycles. The second-order valence-corrected chi connectivity index (χ2v) is 24.5. The number of urea groups is 4. The van der Waals surface area contributed by atoms with Crippen molar-refractivity contribution in [3.05, 3.63) is 139 Å². The lowest BCUT2D eigenvalue weighted by Gasteiger charge is -2.33. The van der Waals surface area contributed by atoms with Gasteiger partial charge in [-0.25, -0.2) is 28.5 Å². The van der Waals surface area contributed by atoms with Crippen molar-refractivity contribution in [2.45, 2.75) is 50.9 Å². The average molecular weight is 1380 g/mol. The van der Waals surface area contributed by atoms with Crippen molar-refractivity contribution >= 4 is 70.5 Å². The van der Waals surface area contributed by atoms with Crippen LogP contribution in [0.15, 0.2) is 85.2 Å². The lowest BCUT2D eigenvalue weighted by molar-refractivity contribution is 0.0135. The van der Waals surface area contributed by atoms with E-state index >= 15 is 0 Å². The van der Waals surface area contributed by atoms with Crippen LogP contribution in [0.3, 0.4) is 0 Å². The van der Waals surface area contributed by atoms with Crippen molar-refractivity contribution in [2.75, 3.05) is 159 Å². The molecule has 8 rings (SSSR count). The van der Waals surface area contributed by atoms with Crippen LogP contribution in [-0.4, -0.2) is 233 Å². The first-order valence-electron chi connectivity index (χ1n) is 31.5. The molecule has 0 bridgehead atoms. The second-order valence-electron chi connectivity index (χ2n) is 22.8. The third-order valence-corrected chi connectivity index (χ3v) is 16.9. The number of rotatable bonds is 39. The van der Waals surface area contributed by atoms with Gasteiger partial charge in [-0.2, -0.15) is 0 Å². The summed E-state index contributed by atoms with van der Waals surface area (Å²) in [4.78, 5) is 56.3. The minimum absolute atomic E-state index is 0.117. The molecule has 0 unspecified atom stereocenters. The summed E-state index contributed by atoms with van der Waals surface area (Å²) in [6.45, 7) is 10.5. The normalized spacial score (nSPS) is 14.7. The van der Waals surface area contributed by atoms with Gasteiger partial charge < -0.3 is 80.8 Å². The number of primary amides is 2. The third-order valence-electron chi connectivity index (χ3n) is 15.8. The van der Waals surface area contributed by atoms with Crippen LogP contribution in [0.4, 0.5) is 19.2 Å². The first kappa shape index (κ1) is 72.9. The number of fused-ring (bicyclic) bond motifs is 2. The molecule has 26 nitrogen and oxygen atoms in total. The van der Waals surface area contributed by atoms with Crippen molar-refractivity contribution in [1.82, 2.24) is 70.9 Å². The Hall–Kier alpha value is -6.92. The number of nitrogens with zero attached hydrogens (tertiary/aromatic N) is 10. The lowest BCUT2D eigenvalue weighted by Crippen LogP contribution is -2.45. The van der Waals surface area contributed by atoms with E-state index in [2.05, 4.69) is 90.1 Å². The Labute approximate surface area is 568 Å². The Morgan fingerprint density at radius 1 is 0.500 bits per heavy atom. The molecule has 2 atom stereocenters. The van der Waals surface area contributed by atoms with Crippen LogP contribution >= 0.6 is 46.4 Å². The largest absolute Gasteiger partial charge is 0.377 e. The molecule has 4 aromatic carbocycles. The van der Waals surface area contributed by atoms with E-state index in [0.29, 0.717) is 125 Å². The number of amides is 8. The van der Waals surface area contributed by atoms with Crippen LogP contribution in [0.25, 0.3) is 22.5 Å². The van der Waals surface area contributed by atoms with Gasteiger partial charge in [0, 0.05) is 122 Å². The molecule has 8 amide bonds. The van der Waals surface area contributed by atoms with Crippen molar-refractivity contribution in [3.63, 3.8) is 0 Å². The number of hydrogen-bond donors (Lipinski definition) is 6. The molecular formula is C64H86Cl4N16O10. The van der Waals surface area contributed by atoms with E-state index in [4.69, 9.17) is 86.3 Å². The zero-order valence-electron chi connectivity index (χ0n) is 53.3. The quantitative estimate of drug-likeness (QED) is 0.0214. The Morgan fingerprint density at radius 3 is 1.27 bits per heavy atom. The molecule has 6 aromatic rings. The maximum atomic E-state index is 12.3. The average Bonchev–Trinajstić information content (AvgIpc) is 0.841. The van der Waals surface area contributed by atoms with E-state index in [-0.39, 0.29) is 64.3 Å². The van der Waals surface area contributed by atoms with Gasteiger partial charge in [0.1, 0.15) is 11.4 Å². The summed E-state index contributed by atoms with van der Waals surface area (Å²) in [7, 11) is 4.19. The number of ether oxygens (including phenoxy) is 6. The van der Waals surface area contributed by atoms with Gasteiger partial charge in [0.05, 0.1) is 105 Å². The summed E-state index contributed by atoms with van der Waals surface area (Å²) < 4.78 is 37.4. The SMILES string of the molecule is CN1Cc2c(Cl)cc(Cl)cc2[C@H](c2cccc(-c3cn(CCOCCOCCOCCNC(=O)NCCN(CCCCN(CCNC(=O)NCCOCCOCCOCCn4cc(-c5cccc([C@@H]6CN(C)Cc7c(Cl)cc(Cl)cc76)c5)nn4)C(N)=O)C(N)=O)nn3)c2)C1. The van der Waals surface area contributed by atoms with Crippen LogP contribution in [0.1, 0.15) is 58.1 Å². The number of nitrogens with one attached hydrogen (secondary N) is 4. The van der Waals surface area contributed by atoms with E-state index in [1.807, 2.05) is 48.8 Å². The van der Waals surface area contributed by atoms with E-state index in [0.717, 1.165) is 82.1 Å². The number of likely N-dealkylation sites (N-methyl/N-ethyl adjacent to an activating group) is 2. The fourth-order valence-corrected chi connectivity index (χ4v) is 12.2. The van der Waals surface area contributed by atoms with Crippen LogP contribution in [0, 0.1) is 0 Å². The Kier molecular flexibility index (Phi) is 29.9. The minimum atomic E-state index is -0.640. The van der Waals surface area contributed by atoms with E-state index in [1.54, 1.807) is 21.5 Å². The monoisotopic (exact) mass is 1380 g/mol. The summed E-state index contributed by atoms with van der Waals surface area (Å²) >= 11 is 26.0. The predicted molar refractivity (Wildman–Crippen MR) is 359 cm³/mol. The molecule has 510 valence electrons. The first-order valence-corrected chi connectivity index (χ1v) is 33.0. The molecule has 2 aliphatic rings. The third kappa shape index (κ3) is 23.5. The summed E-state index contributed by atoms with van der Waals surface area (Å²) in [6, 6.07) is 22.2. The number of aromatic nitrogens is 6. The fourth-order valence-electron chi connectivity index (χ4n) is 11.0. The molecule has 0 fully saturated rings. The zero-order chi connectivity index (χ0) is 66.6. The Morgan fingerprint density at radius 2 is 0.872 bits per heavy atom. The van der Waals surface area contributed by atoms with Gasteiger partial charge in [0.15, 0.2) is 0 Å². The topological polar surface area (TPSA) is 298 Å². The molecule has 0 saturated heterocycles. The highest BCUT2D eigenvalue weighted by Gasteiger charge is 2.29. The van der Waals surface area contributed by atoms with Gasteiger partial charge in [0.25, 0.3) is 0 Å². The summed E-state index contributed by atoms with van der Waals surface area (Å²) in [5.41, 5.74) is 21.5. The number of nitrogens with two attached hydrogens (primary N) is 2. The van der Waals surface area contributed by atoms with Crippen molar-refractivity contribution in [1.29, 1.82) is 0 Å². The highest BCUT2D eigenvalue weighted by molar-refractivity contribution is 6.35. The maximum absolute atomic E-state index is 12.3. The highest BCUT2D eigenvalue weighted by Crippen LogP contribution is 2.41. The number of halogens is 4. The number of benzene rings is 4. The summed E-state index contributed by atoms with van der Waals surface area (Å²) in [5.74, 6) is 0.234. The van der Waals surface area contributed by atoms with Gasteiger partial charge in [0.2, 0.25) is 0 Å². The van der Waals surface area contributed by atoms with E-state index < -0.39 is 24.1 Å². The van der Waals surface area contributed by atoms with Crippen LogP contribution < -0.4 is 32.7 Å². The fraction of sp³-hybridized carbons (Fsp3) is 0.500. The molecule has 0 saturated carbocycles. The van der Waals surface area contributed by atoms with Gasteiger partial charge in [-0.05, 0) is 96.7 Å². The molecule has 2 aromatic heterocycles. The number of hydrogen-bond acceptors (Lipinski definition) is 16. The van der Waals surface area contributed by atoms with Crippen molar-refractivity contribution in [3.8, 4) is 22.5 Å². The lowest BCUT2D eigenvalue weighted by atomic mass is 9.84. The molecule has 94 heavy (non-hydrogen) atoms. The molecule has 0 spiro atoms. The minimum Gasteiger partial charge on any atom is -0.377 e. The van der Waals surface area contributed by atoms with Crippen molar-refractivity contribution in [2.24, 2.45) is 11.5 Å². The zero-order valence-corrected chi connectivity index (χ0v) is 56.3. The molecule has 8 N–H and O–H groups in total. The molecular weight excluding hydrogens is 1290 g/mol. The van der Waals surface area contributed by atoms with E-state index in [1.165, 1.54) is 9.80 Å². The van der Waals surface area contributed by atoms with Crippen LogP contribution in [0.5, 0.6) is 0 Å². The van der Waals surface area contributed by atoms with Gasteiger partial charge >= 0.3 is 24.1 Å². The molecule has 0 aliphatic carbocycles.